The van der Waals surface area contributed by atoms with E-state index in [2.05, 4.69) is 4.98 Å². The number of fused-ring (bicyclic) bond motifs is 1. The third-order valence-corrected chi connectivity index (χ3v) is 10.2. The van der Waals surface area contributed by atoms with Crippen LogP contribution in [0.3, 0.4) is 0 Å². The van der Waals surface area contributed by atoms with E-state index in [1.807, 2.05) is 66.0 Å². The number of hydrogen-bond donors (Lipinski definition) is 0. The summed E-state index contributed by atoms with van der Waals surface area (Å²) in [4.78, 5) is 19.2. The average Bonchev–Trinajstić information content (AvgIpc) is 3.53. The van der Waals surface area contributed by atoms with Gasteiger partial charge in [-0.1, -0.05) is 67.1 Å². The molecule has 0 N–H and O–H groups in total. The molecule has 1 saturated carbocycles. The number of nitrogens with zero attached hydrogens (tertiary/aromatic N) is 3. The molecule has 0 spiro atoms. The molecule has 0 atom stereocenters. The third-order valence-electron chi connectivity index (χ3n) is 7.66. The molecule has 6 nitrogen and oxygen atoms in total. The molecule has 1 aromatic heterocycles. The van der Waals surface area contributed by atoms with Crippen LogP contribution in [0.1, 0.15) is 47.0 Å². The fourth-order valence-electron chi connectivity index (χ4n) is 5.36. The standard InChI is InChI=1S/C31H29N3O3S2/c1-33-28-16-15-25(19-26(28)27(31(33)35)20-29-32-17-18-38-29)39(36,37)34(21-22-9-8-10-22)30(23-11-4-2-5-12-23)24-13-6-3-7-14-24/h2-7,11-20,22,30H,8-10,21H2,1H3/b27-20+. The van der Waals surface area contributed by atoms with Gasteiger partial charge < -0.3 is 4.90 Å². The fourth-order valence-corrected chi connectivity index (χ4v) is 7.64. The number of benzene rings is 3. The van der Waals surface area contributed by atoms with E-state index in [1.165, 1.54) is 11.3 Å². The molecule has 1 aliphatic carbocycles. The van der Waals surface area contributed by atoms with Crippen LogP contribution in [0.25, 0.3) is 11.6 Å². The number of sulfonamides is 1. The number of hydrogen-bond acceptors (Lipinski definition) is 5. The topological polar surface area (TPSA) is 70.6 Å². The van der Waals surface area contributed by atoms with E-state index < -0.39 is 16.1 Å². The molecule has 6 rings (SSSR count). The van der Waals surface area contributed by atoms with Gasteiger partial charge in [0.1, 0.15) is 5.01 Å². The molecule has 1 fully saturated rings. The maximum atomic E-state index is 14.6. The monoisotopic (exact) mass is 555 g/mol. The van der Waals surface area contributed by atoms with Gasteiger partial charge in [-0.15, -0.1) is 11.3 Å². The Balaban J connectivity index is 1.48. The van der Waals surface area contributed by atoms with Crippen LogP contribution in [-0.4, -0.2) is 37.2 Å². The van der Waals surface area contributed by atoms with Gasteiger partial charge in [0.05, 0.1) is 22.2 Å². The van der Waals surface area contributed by atoms with Gasteiger partial charge in [-0.25, -0.2) is 13.4 Å². The summed E-state index contributed by atoms with van der Waals surface area (Å²) in [7, 11) is -2.24. The highest BCUT2D eigenvalue weighted by atomic mass is 32.2. The van der Waals surface area contributed by atoms with Crippen LogP contribution in [0.5, 0.6) is 0 Å². The molecule has 3 aromatic carbocycles. The van der Waals surface area contributed by atoms with Crippen molar-refractivity contribution in [1.29, 1.82) is 0 Å². The summed E-state index contributed by atoms with van der Waals surface area (Å²) >= 11 is 1.43. The van der Waals surface area contributed by atoms with Crippen molar-refractivity contribution in [1.82, 2.24) is 9.29 Å². The SMILES string of the molecule is CN1C(=O)/C(=C/c2nccs2)c2cc(S(=O)(=O)N(CC3CCC3)C(c3ccccc3)c3ccccc3)ccc21. The Morgan fingerprint density at radius 2 is 1.69 bits per heavy atom. The minimum absolute atomic E-state index is 0.174. The second-order valence-corrected chi connectivity index (χ2v) is 12.9. The van der Waals surface area contributed by atoms with Crippen molar-refractivity contribution in [3.63, 3.8) is 0 Å². The van der Waals surface area contributed by atoms with Gasteiger partial charge >= 0.3 is 0 Å². The summed E-state index contributed by atoms with van der Waals surface area (Å²) in [5.41, 5.74) is 3.60. The van der Waals surface area contributed by atoms with Gasteiger partial charge in [0.15, 0.2) is 0 Å². The van der Waals surface area contributed by atoms with E-state index in [0.29, 0.717) is 34.3 Å². The molecule has 198 valence electrons. The summed E-state index contributed by atoms with van der Waals surface area (Å²) in [6.45, 7) is 0.439. The van der Waals surface area contributed by atoms with Crippen molar-refractivity contribution in [3.8, 4) is 0 Å². The Bertz CT molecular complexity index is 1570. The minimum atomic E-state index is -3.95. The van der Waals surface area contributed by atoms with Crippen LogP contribution < -0.4 is 4.90 Å². The van der Waals surface area contributed by atoms with Crippen molar-refractivity contribution in [2.24, 2.45) is 5.92 Å². The van der Waals surface area contributed by atoms with Crippen molar-refractivity contribution in [2.45, 2.75) is 30.2 Å². The number of aromatic nitrogens is 1. The summed E-state index contributed by atoms with van der Waals surface area (Å²) in [5, 5.41) is 2.55. The predicted octanol–water partition coefficient (Wildman–Crippen LogP) is 6.24. The molecule has 4 aromatic rings. The first kappa shape index (κ1) is 25.7. The van der Waals surface area contributed by atoms with Crippen LogP contribution in [0.2, 0.25) is 0 Å². The number of anilines is 1. The number of thiazole rings is 1. The molecule has 0 radical (unpaired) electrons. The molecule has 1 aliphatic heterocycles. The highest BCUT2D eigenvalue weighted by Gasteiger charge is 2.38. The predicted molar refractivity (Wildman–Crippen MR) is 156 cm³/mol. The molecule has 2 heterocycles. The van der Waals surface area contributed by atoms with Gasteiger partial charge in [0.2, 0.25) is 10.0 Å². The van der Waals surface area contributed by atoms with E-state index in [0.717, 1.165) is 30.4 Å². The maximum absolute atomic E-state index is 14.6. The molecule has 2 aliphatic rings. The number of likely N-dealkylation sites (N-methyl/N-ethyl adjacent to an activating group) is 1. The van der Waals surface area contributed by atoms with Crippen LogP contribution in [0.15, 0.2) is 95.3 Å². The van der Waals surface area contributed by atoms with Gasteiger partial charge in [0.25, 0.3) is 5.91 Å². The lowest BCUT2D eigenvalue weighted by Crippen LogP contribution is -2.40. The highest BCUT2D eigenvalue weighted by molar-refractivity contribution is 7.89. The zero-order chi connectivity index (χ0) is 27.0. The summed E-state index contributed by atoms with van der Waals surface area (Å²) in [6, 6.07) is 24.2. The van der Waals surface area contributed by atoms with E-state index in [9.17, 15) is 13.2 Å². The first-order valence-corrected chi connectivity index (χ1v) is 15.4. The van der Waals surface area contributed by atoms with Gasteiger partial charge in [-0.2, -0.15) is 4.31 Å². The Morgan fingerprint density at radius 1 is 1.03 bits per heavy atom. The molecule has 0 saturated heterocycles. The Hall–Kier alpha value is -3.59. The van der Waals surface area contributed by atoms with Gasteiger partial charge in [-0.05, 0) is 54.2 Å². The number of carbonyl (C=O) groups excluding carboxylic acids is 1. The first-order chi connectivity index (χ1) is 18.9. The minimum Gasteiger partial charge on any atom is -0.311 e. The number of amides is 1. The van der Waals surface area contributed by atoms with Crippen LogP contribution in [-0.2, 0) is 14.8 Å². The van der Waals surface area contributed by atoms with Crippen LogP contribution >= 0.6 is 11.3 Å². The van der Waals surface area contributed by atoms with E-state index in [-0.39, 0.29) is 10.8 Å². The van der Waals surface area contributed by atoms with Crippen molar-refractivity contribution >= 4 is 44.6 Å². The van der Waals surface area contributed by atoms with Crippen LogP contribution in [0, 0.1) is 5.92 Å². The normalized spacial score (nSPS) is 16.7. The second-order valence-electron chi connectivity index (χ2n) is 10.1. The number of carbonyl (C=O) groups is 1. The Morgan fingerprint density at radius 3 is 2.26 bits per heavy atom. The lowest BCUT2D eigenvalue weighted by atomic mass is 9.85. The quantitative estimate of drug-likeness (QED) is 0.241. The zero-order valence-corrected chi connectivity index (χ0v) is 23.2. The lowest BCUT2D eigenvalue weighted by Gasteiger charge is -2.37. The second kappa shape index (κ2) is 10.5. The third kappa shape index (κ3) is 4.84. The largest absolute Gasteiger partial charge is 0.311 e. The van der Waals surface area contributed by atoms with Crippen LogP contribution in [0.4, 0.5) is 5.69 Å². The molecule has 1 amide bonds. The Labute approximate surface area is 233 Å². The van der Waals surface area contributed by atoms with Gasteiger partial charge in [0, 0.05) is 30.7 Å². The summed E-state index contributed by atoms with van der Waals surface area (Å²) in [6.07, 6.45) is 6.60. The summed E-state index contributed by atoms with van der Waals surface area (Å²) in [5.74, 6) is 0.143. The van der Waals surface area contributed by atoms with Crippen molar-refractivity contribution in [2.75, 3.05) is 18.5 Å². The van der Waals surface area contributed by atoms with E-state index in [1.54, 1.807) is 46.7 Å². The lowest BCUT2D eigenvalue weighted by molar-refractivity contribution is -0.112. The average molecular weight is 556 g/mol. The van der Waals surface area contributed by atoms with Gasteiger partial charge in [-0.3, -0.25) is 4.79 Å². The van der Waals surface area contributed by atoms with E-state index >= 15 is 0 Å². The molecular formula is C31H29N3O3S2. The molecule has 8 heteroatoms. The van der Waals surface area contributed by atoms with Crippen molar-refractivity contribution < 1.29 is 13.2 Å². The summed E-state index contributed by atoms with van der Waals surface area (Å²) < 4.78 is 30.8. The zero-order valence-electron chi connectivity index (χ0n) is 21.6. The molecular weight excluding hydrogens is 526 g/mol. The first-order valence-electron chi connectivity index (χ1n) is 13.1. The smallest absolute Gasteiger partial charge is 0.258 e. The highest BCUT2D eigenvalue weighted by Crippen LogP contribution is 2.41. The molecule has 0 unspecified atom stereocenters. The molecule has 39 heavy (non-hydrogen) atoms. The number of rotatable bonds is 8. The fraction of sp³-hybridized carbons (Fsp3) is 0.226. The molecule has 0 bridgehead atoms. The van der Waals surface area contributed by atoms with Crippen molar-refractivity contribution in [3.05, 3.63) is 112 Å². The van der Waals surface area contributed by atoms with E-state index in [4.69, 9.17) is 0 Å². The Kier molecular flexibility index (Phi) is 6.93. The maximum Gasteiger partial charge on any atom is 0.258 e.